The van der Waals surface area contributed by atoms with Crippen LogP contribution in [0, 0.1) is 23.5 Å². The highest BCUT2D eigenvalue weighted by Crippen LogP contribution is 2.38. The Hall–Kier alpha value is -2.84. The summed E-state index contributed by atoms with van der Waals surface area (Å²) < 4.78 is 31.3. The van der Waals surface area contributed by atoms with Crippen LogP contribution in [0.5, 0.6) is 0 Å². The van der Waals surface area contributed by atoms with Gasteiger partial charge in [-0.15, -0.1) is 0 Å². The van der Waals surface area contributed by atoms with Gasteiger partial charge in [0, 0.05) is 11.8 Å². The summed E-state index contributed by atoms with van der Waals surface area (Å²) in [6.07, 6.45) is 1.72. The number of likely N-dealkylation sites (tertiary alicyclic amines) is 1. The average Bonchev–Trinajstić information content (AvgIpc) is 2.95. The lowest BCUT2D eigenvalue weighted by molar-refractivity contribution is -0.163. The van der Waals surface area contributed by atoms with Gasteiger partial charge in [-0.05, 0) is 38.8 Å². The molecule has 9 heteroatoms. The van der Waals surface area contributed by atoms with E-state index >= 15 is 0 Å². The fourth-order valence-electron chi connectivity index (χ4n) is 3.82. The summed E-state index contributed by atoms with van der Waals surface area (Å²) in [6.45, 7) is 2.68. The number of carbonyl (C=O) groups excluding carboxylic acids is 4. The number of anilines is 1. The van der Waals surface area contributed by atoms with E-state index in [1.165, 1.54) is 13.8 Å². The molecule has 0 aromatic heterocycles. The van der Waals surface area contributed by atoms with E-state index in [4.69, 9.17) is 4.74 Å². The number of hydrogen-bond acceptors (Lipinski definition) is 5. The van der Waals surface area contributed by atoms with E-state index in [0.29, 0.717) is 12.8 Å². The first-order valence-electron chi connectivity index (χ1n) is 9.54. The minimum absolute atomic E-state index is 0.00109. The largest absolute Gasteiger partial charge is 0.451 e. The first-order valence-corrected chi connectivity index (χ1v) is 9.54. The summed E-state index contributed by atoms with van der Waals surface area (Å²) in [4.78, 5) is 50.7. The Labute approximate surface area is 166 Å². The van der Waals surface area contributed by atoms with Gasteiger partial charge in [0.25, 0.3) is 5.91 Å². The van der Waals surface area contributed by atoms with Gasteiger partial charge in [0.1, 0.15) is 6.04 Å². The molecule has 1 N–H and O–H groups in total. The lowest BCUT2D eigenvalue weighted by Crippen LogP contribution is -2.46. The summed E-state index contributed by atoms with van der Waals surface area (Å²) >= 11 is 0. The summed E-state index contributed by atoms with van der Waals surface area (Å²) in [6, 6.07) is 1.66. The van der Waals surface area contributed by atoms with E-state index in [9.17, 15) is 28.0 Å². The molecule has 0 spiro atoms. The van der Waals surface area contributed by atoms with E-state index in [-0.39, 0.29) is 29.3 Å². The fourth-order valence-corrected chi connectivity index (χ4v) is 3.82. The summed E-state index contributed by atoms with van der Waals surface area (Å²) in [5, 5.41) is 2.31. The van der Waals surface area contributed by atoms with Crippen molar-refractivity contribution in [3.8, 4) is 0 Å². The maximum absolute atomic E-state index is 13.2. The zero-order chi connectivity index (χ0) is 21.3. The second kappa shape index (κ2) is 8.26. The Morgan fingerprint density at radius 3 is 2.21 bits per heavy atom. The number of hydrogen-bond donors (Lipinski definition) is 1. The average molecular weight is 408 g/mol. The highest BCUT2D eigenvalue weighted by atomic mass is 19.2. The van der Waals surface area contributed by atoms with Crippen LogP contribution in [0.2, 0.25) is 0 Å². The topological polar surface area (TPSA) is 92.8 Å². The predicted octanol–water partition coefficient (Wildman–Crippen LogP) is 2.40. The minimum Gasteiger partial charge on any atom is -0.451 e. The molecule has 3 rings (SSSR count). The second-order valence-corrected chi connectivity index (χ2v) is 7.42. The van der Waals surface area contributed by atoms with Gasteiger partial charge in [0.2, 0.25) is 11.8 Å². The minimum atomic E-state index is -1.27. The fraction of sp³-hybridized carbons (Fsp3) is 0.500. The van der Waals surface area contributed by atoms with E-state index in [1.807, 2.05) is 0 Å². The molecule has 1 aromatic rings. The Balaban J connectivity index is 1.61. The van der Waals surface area contributed by atoms with Crippen molar-refractivity contribution in [2.45, 2.75) is 51.7 Å². The van der Waals surface area contributed by atoms with Gasteiger partial charge >= 0.3 is 5.97 Å². The van der Waals surface area contributed by atoms with Crippen molar-refractivity contribution < 1.29 is 32.7 Å². The van der Waals surface area contributed by atoms with E-state index in [0.717, 1.165) is 35.9 Å². The molecule has 2 fully saturated rings. The van der Waals surface area contributed by atoms with Crippen molar-refractivity contribution in [2.24, 2.45) is 11.8 Å². The highest BCUT2D eigenvalue weighted by Gasteiger charge is 2.51. The number of benzene rings is 1. The summed E-state index contributed by atoms with van der Waals surface area (Å²) in [5.41, 5.74) is -0.00109. The number of fused-ring (bicyclic) bond motifs is 1. The Bertz CT molecular complexity index is 835. The van der Waals surface area contributed by atoms with Gasteiger partial charge in [-0.3, -0.25) is 19.3 Å². The Morgan fingerprint density at radius 1 is 1.07 bits per heavy atom. The van der Waals surface area contributed by atoms with Crippen molar-refractivity contribution >= 4 is 29.4 Å². The van der Waals surface area contributed by atoms with Gasteiger partial charge in [-0.2, -0.15) is 0 Å². The number of imide groups is 1. The maximum Gasteiger partial charge on any atom is 0.329 e. The van der Waals surface area contributed by atoms with Crippen LogP contribution in [0.1, 0.15) is 39.5 Å². The normalized spacial score (nSPS) is 23.4. The SMILES string of the molecule is C[C@H](OC(=O)[C@H](C)N1C(=O)[C@H]2CCCC[C@H]2C1=O)C(=O)Nc1ccc(F)c(F)c1. The lowest BCUT2D eigenvalue weighted by Gasteiger charge is -2.23. The number of ether oxygens (including phenoxy) is 1. The van der Waals surface area contributed by atoms with Crippen molar-refractivity contribution in [2.75, 3.05) is 5.32 Å². The first-order chi connectivity index (χ1) is 13.7. The highest BCUT2D eigenvalue weighted by molar-refractivity contribution is 6.08. The lowest BCUT2D eigenvalue weighted by atomic mass is 9.81. The number of carbonyl (C=O) groups is 4. The monoisotopic (exact) mass is 408 g/mol. The first kappa shape index (κ1) is 20.9. The predicted molar refractivity (Wildman–Crippen MR) is 97.3 cm³/mol. The number of halogens is 2. The third-order valence-corrected chi connectivity index (χ3v) is 5.45. The molecule has 29 heavy (non-hydrogen) atoms. The molecule has 1 aliphatic carbocycles. The van der Waals surface area contributed by atoms with Crippen molar-refractivity contribution in [3.63, 3.8) is 0 Å². The number of rotatable bonds is 5. The zero-order valence-corrected chi connectivity index (χ0v) is 16.1. The smallest absolute Gasteiger partial charge is 0.329 e. The van der Waals surface area contributed by atoms with Gasteiger partial charge in [-0.25, -0.2) is 13.6 Å². The van der Waals surface area contributed by atoms with Crippen LogP contribution in [-0.2, 0) is 23.9 Å². The van der Waals surface area contributed by atoms with Crippen molar-refractivity contribution in [1.29, 1.82) is 0 Å². The molecule has 1 aliphatic heterocycles. The Morgan fingerprint density at radius 2 is 1.66 bits per heavy atom. The van der Waals surface area contributed by atoms with Crippen LogP contribution in [0.25, 0.3) is 0 Å². The van der Waals surface area contributed by atoms with Gasteiger partial charge in [0.15, 0.2) is 17.7 Å². The molecule has 4 atom stereocenters. The standard InChI is InChI=1S/C20H22F2N2O5/c1-10(24-18(26)13-5-3-4-6-14(13)19(24)27)20(28)29-11(2)17(25)23-12-7-8-15(21)16(22)9-12/h7-11,13-14H,3-6H2,1-2H3,(H,23,25)/t10-,11-,13-,14+/m0/s1. The molecule has 0 radical (unpaired) electrons. The van der Waals surface area contributed by atoms with Crippen LogP contribution in [0.4, 0.5) is 14.5 Å². The molecule has 7 nitrogen and oxygen atoms in total. The molecule has 1 saturated carbocycles. The van der Waals surface area contributed by atoms with E-state index in [1.54, 1.807) is 0 Å². The second-order valence-electron chi connectivity index (χ2n) is 7.42. The molecular weight excluding hydrogens is 386 g/mol. The summed E-state index contributed by atoms with van der Waals surface area (Å²) in [5.74, 6) is -5.36. The van der Waals surface area contributed by atoms with Crippen LogP contribution in [0.15, 0.2) is 18.2 Å². The molecule has 156 valence electrons. The van der Waals surface area contributed by atoms with Crippen molar-refractivity contribution in [1.82, 2.24) is 4.90 Å². The number of nitrogens with zero attached hydrogens (tertiary/aromatic N) is 1. The van der Waals surface area contributed by atoms with Crippen LogP contribution < -0.4 is 5.32 Å². The van der Waals surface area contributed by atoms with E-state index in [2.05, 4.69) is 5.32 Å². The quantitative estimate of drug-likeness (QED) is 0.597. The van der Waals surface area contributed by atoms with E-state index < -0.39 is 35.7 Å². The zero-order valence-electron chi connectivity index (χ0n) is 16.1. The third kappa shape index (κ3) is 4.13. The molecule has 1 aromatic carbocycles. The number of amides is 3. The molecule has 3 amide bonds. The Kier molecular flexibility index (Phi) is 5.95. The maximum atomic E-state index is 13.2. The number of nitrogens with one attached hydrogen (secondary N) is 1. The third-order valence-electron chi connectivity index (χ3n) is 5.45. The molecule has 0 bridgehead atoms. The van der Waals surface area contributed by atoms with Gasteiger partial charge < -0.3 is 10.1 Å². The molecule has 1 saturated heterocycles. The van der Waals surface area contributed by atoms with Crippen LogP contribution in [0.3, 0.4) is 0 Å². The van der Waals surface area contributed by atoms with Gasteiger partial charge in [0.05, 0.1) is 11.8 Å². The molecule has 2 aliphatic rings. The molecular formula is C20H22F2N2O5. The molecule has 1 heterocycles. The molecule has 0 unspecified atom stereocenters. The van der Waals surface area contributed by atoms with Crippen LogP contribution >= 0.6 is 0 Å². The number of esters is 1. The van der Waals surface area contributed by atoms with Crippen LogP contribution in [-0.4, -0.2) is 40.7 Å². The summed E-state index contributed by atoms with van der Waals surface area (Å²) in [7, 11) is 0. The van der Waals surface area contributed by atoms with Crippen molar-refractivity contribution in [3.05, 3.63) is 29.8 Å². The van der Waals surface area contributed by atoms with Gasteiger partial charge in [-0.1, -0.05) is 12.8 Å².